The van der Waals surface area contributed by atoms with Crippen molar-refractivity contribution in [3.8, 4) is 11.1 Å². The summed E-state index contributed by atoms with van der Waals surface area (Å²) in [6.45, 7) is 3.58. The lowest BCUT2D eigenvalue weighted by Crippen LogP contribution is -2.24. The van der Waals surface area contributed by atoms with Gasteiger partial charge in [0, 0.05) is 11.6 Å². The molecular formula is C17H17NO. The highest BCUT2D eigenvalue weighted by Gasteiger charge is 2.16. The van der Waals surface area contributed by atoms with Gasteiger partial charge in [0.15, 0.2) is 0 Å². The van der Waals surface area contributed by atoms with E-state index in [-0.39, 0.29) is 0 Å². The Morgan fingerprint density at radius 3 is 2.32 bits per heavy atom. The molecule has 2 aromatic carbocycles. The highest BCUT2D eigenvalue weighted by Crippen LogP contribution is 2.27. The number of fused-ring (bicyclic) bond motifs is 1. The smallest absolute Gasteiger partial charge is 0.136 e. The van der Waals surface area contributed by atoms with Crippen LogP contribution in [-0.2, 0) is 5.72 Å². The van der Waals surface area contributed by atoms with Crippen molar-refractivity contribution < 1.29 is 5.11 Å². The fourth-order valence-electron chi connectivity index (χ4n) is 2.43. The number of hydrogen-bond donors (Lipinski definition) is 1. The number of benzene rings is 2. The molecule has 3 aromatic rings. The zero-order valence-corrected chi connectivity index (χ0v) is 11.2. The second kappa shape index (κ2) is 4.25. The van der Waals surface area contributed by atoms with Crippen molar-refractivity contribution in [3.05, 3.63) is 60.8 Å². The zero-order chi connectivity index (χ0) is 13.5. The van der Waals surface area contributed by atoms with Gasteiger partial charge in [0.25, 0.3) is 0 Å². The summed E-state index contributed by atoms with van der Waals surface area (Å²) in [7, 11) is 0. The second-order valence-electron chi connectivity index (χ2n) is 5.32. The summed E-state index contributed by atoms with van der Waals surface area (Å²) in [5.74, 6) is 0. The third-order valence-corrected chi connectivity index (χ3v) is 3.39. The molecule has 0 saturated heterocycles. The zero-order valence-electron chi connectivity index (χ0n) is 11.2. The van der Waals surface area contributed by atoms with Crippen molar-refractivity contribution in [1.82, 2.24) is 4.57 Å². The highest BCUT2D eigenvalue weighted by atomic mass is 16.3. The van der Waals surface area contributed by atoms with Crippen LogP contribution < -0.4 is 0 Å². The Balaban J connectivity index is 2.14. The molecule has 0 spiro atoms. The third-order valence-electron chi connectivity index (χ3n) is 3.39. The number of hydrogen-bond acceptors (Lipinski definition) is 1. The van der Waals surface area contributed by atoms with E-state index in [1.165, 1.54) is 11.1 Å². The van der Waals surface area contributed by atoms with Crippen molar-refractivity contribution >= 4 is 10.9 Å². The maximum Gasteiger partial charge on any atom is 0.136 e. The Bertz CT molecular complexity index is 705. The van der Waals surface area contributed by atoms with Gasteiger partial charge in [-0.3, -0.25) is 0 Å². The molecule has 1 heterocycles. The lowest BCUT2D eigenvalue weighted by atomic mass is 10.0. The molecule has 2 nitrogen and oxygen atoms in total. The van der Waals surface area contributed by atoms with Crippen LogP contribution in [0.5, 0.6) is 0 Å². The maximum atomic E-state index is 10.1. The number of aromatic nitrogens is 1. The standard InChI is InChI=1S/C17H17NO/c1-17(2,19)18-11-10-15-12-14(8-9-16(15)18)13-6-4-3-5-7-13/h3-12,19H,1-2H3. The Hall–Kier alpha value is -2.06. The predicted octanol–water partition coefficient (Wildman–Crippen LogP) is 3.99. The largest absolute Gasteiger partial charge is 0.371 e. The molecule has 19 heavy (non-hydrogen) atoms. The molecule has 3 rings (SSSR count). The molecule has 0 unspecified atom stereocenters. The average Bonchev–Trinajstić information content (AvgIpc) is 2.82. The van der Waals surface area contributed by atoms with Crippen molar-refractivity contribution in [3.63, 3.8) is 0 Å². The van der Waals surface area contributed by atoms with E-state index >= 15 is 0 Å². The Morgan fingerprint density at radius 2 is 1.63 bits per heavy atom. The van der Waals surface area contributed by atoms with Gasteiger partial charge in [-0.1, -0.05) is 36.4 Å². The van der Waals surface area contributed by atoms with Gasteiger partial charge in [-0.25, -0.2) is 0 Å². The van der Waals surface area contributed by atoms with Crippen molar-refractivity contribution in [1.29, 1.82) is 0 Å². The monoisotopic (exact) mass is 251 g/mol. The quantitative estimate of drug-likeness (QED) is 0.732. The predicted molar refractivity (Wildman–Crippen MR) is 78.9 cm³/mol. The lowest BCUT2D eigenvalue weighted by molar-refractivity contribution is 0.00624. The number of rotatable bonds is 2. The van der Waals surface area contributed by atoms with E-state index in [2.05, 4.69) is 30.3 Å². The normalized spacial score (nSPS) is 11.9. The third kappa shape index (κ3) is 2.15. The van der Waals surface area contributed by atoms with Gasteiger partial charge in [-0.05, 0) is 43.2 Å². The molecule has 0 aliphatic carbocycles. The topological polar surface area (TPSA) is 25.2 Å². The average molecular weight is 251 g/mol. The van der Waals surface area contributed by atoms with Gasteiger partial charge in [0.1, 0.15) is 5.72 Å². The first-order valence-electron chi connectivity index (χ1n) is 6.45. The SMILES string of the molecule is CC(C)(O)n1ccc2cc(-c3ccccc3)ccc21. The molecule has 1 aromatic heterocycles. The van der Waals surface area contributed by atoms with Crippen LogP contribution in [0.15, 0.2) is 60.8 Å². The van der Waals surface area contributed by atoms with Crippen LogP contribution >= 0.6 is 0 Å². The van der Waals surface area contributed by atoms with Gasteiger partial charge in [0.2, 0.25) is 0 Å². The molecule has 0 amide bonds. The molecule has 0 fully saturated rings. The Morgan fingerprint density at radius 1 is 0.895 bits per heavy atom. The summed E-state index contributed by atoms with van der Waals surface area (Å²) in [4.78, 5) is 0. The molecule has 0 radical (unpaired) electrons. The van der Waals surface area contributed by atoms with Crippen LogP contribution in [0.4, 0.5) is 0 Å². The van der Waals surface area contributed by atoms with E-state index in [9.17, 15) is 5.11 Å². The molecule has 0 saturated carbocycles. The van der Waals surface area contributed by atoms with Gasteiger partial charge in [-0.2, -0.15) is 0 Å². The molecule has 0 aliphatic rings. The minimum atomic E-state index is -0.879. The lowest BCUT2D eigenvalue weighted by Gasteiger charge is -2.21. The molecule has 0 bridgehead atoms. The summed E-state index contributed by atoms with van der Waals surface area (Å²) in [6, 6.07) is 18.7. The van der Waals surface area contributed by atoms with E-state index in [0.717, 1.165) is 10.9 Å². The summed E-state index contributed by atoms with van der Waals surface area (Å²) in [6.07, 6.45) is 1.93. The first kappa shape index (κ1) is 12.0. The van der Waals surface area contributed by atoms with Crippen molar-refractivity contribution in [2.45, 2.75) is 19.6 Å². The summed E-state index contributed by atoms with van der Waals surface area (Å²) in [5, 5.41) is 11.3. The molecular weight excluding hydrogens is 234 g/mol. The Labute approximate surface area is 112 Å². The molecule has 2 heteroatoms. The van der Waals surface area contributed by atoms with E-state index in [4.69, 9.17) is 0 Å². The van der Waals surface area contributed by atoms with Crippen LogP contribution in [0, 0.1) is 0 Å². The van der Waals surface area contributed by atoms with Gasteiger partial charge >= 0.3 is 0 Å². The van der Waals surface area contributed by atoms with E-state index in [0.29, 0.717) is 0 Å². The highest BCUT2D eigenvalue weighted by molar-refractivity contribution is 5.85. The van der Waals surface area contributed by atoms with E-state index < -0.39 is 5.72 Å². The van der Waals surface area contributed by atoms with Crippen LogP contribution in [-0.4, -0.2) is 9.67 Å². The van der Waals surface area contributed by atoms with E-state index in [1.54, 1.807) is 13.8 Å². The Kier molecular flexibility index (Phi) is 2.68. The second-order valence-corrected chi connectivity index (χ2v) is 5.32. The van der Waals surface area contributed by atoms with Gasteiger partial charge < -0.3 is 9.67 Å². The summed E-state index contributed by atoms with van der Waals surface area (Å²) < 4.78 is 1.89. The number of aliphatic hydroxyl groups is 1. The van der Waals surface area contributed by atoms with Gasteiger partial charge in [0.05, 0.1) is 5.52 Å². The fourth-order valence-corrected chi connectivity index (χ4v) is 2.43. The first-order valence-corrected chi connectivity index (χ1v) is 6.45. The van der Waals surface area contributed by atoms with E-state index in [1.807, 2.05) is 35.0 Å². The van der Waals surface area contributed by atoms with Crippen LogP contribution in [0.3, 0.4) is 0 Å². The summed E-state index contributed by atoms with van der Waals surface area (Å²) in [5.41, 5.74) is 2.57. The summed E-state index contributed by atoms with van der Waals surface area (Å²) >= 11 is 0. The fraction of sp³-hybridized carbons (Fsp3) is 0.176. The van der Waals surface area contributed by atoms with Crippen LogP contribution in [0.1, 0.15) is 13.8 Å². The van der Waals surface area contributed by atoms with Crippen molar-refractivity contribution in [2.24, 2.45) is 0 Å². The maximum absolute atomic E-state index is 10.1. The van der Waals surface area contributed by atoms with Crippen LogP contribution in [0.25, 0.3) is 22.0 Å². The van der Waals surface area contributed by atoms with Gasteiger partial charge in [-0.15, -0.1) is 0 Å². The molecule has 1 N–H and O–H groups in total. The molecule has 0 aliphatic heterocycles. The van der Waals surface area contributed by atoms with Crippen LogP contribution in [0.2, 0.25) is 0 Å². The first-order chi connectivity index (χ1) is 9.05. The minimum absolute atomic E-state index is 0.879. The molecule has 96 valence electrons. The molecule has 0 atom stereocenters. The number of nitrogens with zero attached hydrogens (tertiary/aromatic N) is 1. The minimum Gasteiger partial charge on any atom is -0.371 e. The van der Waals surface area contributed by atoms with Crippen molar-refractivity contribution in [2.75, 3.05) is 0 Å².